The third-order valence-corrected chi connectivity index (χ3v) is 5.21. The zero-order valence-corrected chi connectivity index (χ0v) is 14.2. The quantitative estimate of drug-likeness (QED) is 0.775. The third kappa shape index (κ3) is 2.85. The van der Waals surface area contributed by atoms with E-state index in [-0.39, 0.29) is 5.91 Å². The van der Waals surface area contributed by atoms with E-state index in [4.69, 9.17) is 0 Å². The van der Waals surface area contributed by atoms with Gasteiger partial charge in [-0.25, -0.2) is 9.97 Å². The Bertz CT molecular complexity index is 879. The van der Waals surface area contributed by atoms with E-state index < -0.39 is 0 Å². The Balaban J connectivity index is 1.53. The summed E-state index contributed by atoms with van der Waals surface area (Å²) in [6, 6.07) is 5.96. The molecule has 1 aliphatic rings. The van der Waals surface area contributed by atoms with Crippen LogP contribution in [-0.4, -0.2) is 20.4 Å². The maximum Gasteiger partial charge on any atom is 0.261 e. The molecular formula is C18H18N4OS. The van der Waals surface area contributed by atoms with Crippen LogP contribution in [0.5, 0.6) is 0 Å². The van der Waals surface area contributed by atoms with Gasteiger partial charge in [0.1, 0.15) is 11.6 Å². The molecule has 5 nitrogen and oxygen atoms in total. The molecule has 1 amide bonds. The van der Waals surface area contributed by atoms with Crippen molar-refractivity contribution in [2.45, 2.75) is 32.2 Å². The fourth-order valence-electron chi connectivity index (χ4n) is 2.86. The zero-order chi connectivity index (χ0) is 16.5. The fourth-order valence-corrected chi connectivity index (χ4v) is 3.76. The molecule has 6 heteroatoms. The number of rotatable bonds is 5. The van der Waals surface area contributed by atoms with Crippen molar-refractivity contribution in [1.82, 2.24) is 19.9 Å². The molecule has 0 atom stereocenters. The maximum absolute atomic E-state index is 12.6. The van der Waals surface area contributed by atoms with E-state index in [1.165, 1.54) is 29.7 Å². The molecule has 1 saturated carbocycles. The van der Waals surface area contributed by atoms with Crippen LogP contribution < -0.4 is 5.32 Å². The second kappa shape index (κ2) is 6.20. The van der Waals surface area contributed by atoms with Crippen molar-refractivity contribution in [3.05, 3.63) is 64.0 Å². The lowest BCUT2D eigenvalue weighted by Crippen LogP contribution is -2.23. The Labute approximate surface area is 144 Å². The van der Waals surface area contributed by atoms with Crippen molar-refractivity contribution in [2.24, 2.45) is 0 Å². The lowest BCUT2D eigenvalue weighted by atomic mass is 10.1. The fraction of sp³-hybridized carbons (Fsp3) is 0.278. The van der Waals surface area contributed by atoms with Crippen LogP contribution in [0.2, 0.25) is 0 Å². The second-order valence-corrected chi connectivity index (χ2v) is 6.91. The summed E-state index contributed by atoms with van der Waals surface area (Å²) in [5.74, 6) is 2.26. The Morgan fingerprint density at radius 1 is 1.33 bits per heavy atom. The number of nitrogens with zero attached hydrogens (tertiary/aromatic N) is 3. The van der Waals surface area contributed by atoms with Gasteiger partial charge in [-0.15, -0.1) is 11.3 Å². The average molecular weight is 338 g/mol. The number of hydrogen-bond acceptors (Lipinski definition) is 4. The minimum absolute atomic E-state index is 0.00376. The molecule has 0 bridgehead atoms. The smallest absolute Gasteiger partial charge is 0.261 e. The van der Waals surface area contributed by atoms with Crippen LogP contribution in [0.15, 0.2) is 42.2 Å². The maximum atomic E-state index is 12.6. The Kier molecular flexibility index (Phi) is 3.90. The minimum atomic E-state index is 0.00376. The molecule has 4 rings (SSSR count). The van der Waals surface area contributed by atoms with E-state index in [9.17, 15) is 4.79 Å². The first-order valence-corrected chi connectivity index (χ1v) is 8.92. The summed E-state index contributed by atoms with van der Waals surface area (Å²) < 4.78 is 1.93. The van der Waals surface area contributed by atoms with E-state index in [1.807, 2.05) is 35.2 Å². The largest absolute Gasteiger partial charge is 0.347 e. The van der Waals surface area contributed by atoms with Crippen molar-refractivity contribution in [1.29, 1.82) is 0 Å². The average Bonchev–Trinajstić information content (AvgIpc) is 3.16. The number of carbonyl (C=O) groups is 1. The summed E-state index contributed by atoms with van der Waals surface area (Å²) in [4.78, 5) is 22.1. The number of amides is 1. The SMILES string of the molecule is Cc1nccn1-c1ncccc1CNC(=O)c1sccc1C1CC1. The van der Waals surface area contributed by atoms with Crippen molar-refractivity contribution < 1.29 is 4.79 Å². The summed E-state index contributed by atoms with van der Waals surface area (Å²) in [5.41, 5.74) is 2.17. The number of aryl methyl sites for hydroxylation is 1. The van der Waals surface area contributed by atoms with Gasteiger partial charge in [0.25, 0.3) is 5.91 Å². The van der Waals surface area contributed by atoms with Crippen molar-refractivity contribution >= 4 is 17.2 Å². The van der Waals surface area contributed by atoms with Gasteiger partial charge in [0.05, 0.1) is 4.88 Å². The first-order valence-electron chi connectivity index (χ1n) is 8.04. The Morgan fingerprint density at radius 2 is 2.21 bits per heavy atom. The van der Waals surface area contributed by atoms with Crippen LogP contribution in [-0.2, 0) is 6.54 Å². The lowest BCUT2D eigenvalue weighted by molar-refractivity contribution is 0.0954. The van der Waals surface area contributed by atoms with Gasteiger partial charge in [0.15, 0.2) is 0 Å². The number of pyridine rings is 1. The first kappa shape index (κ1) is 15.1. The molecule has 0 spiro atoms. The van der Waals surface area contributed by atoms with Crippen LogP contribution in [0.25, 0.3) is 5.82 Å². The first-order chi connectivity index (χ1) is 11.7. The number of imidazole rings is 1. The molecule has 24 heavy (non-hydrogen) atoms. The van der Waals surface area contributed by atoms with Gasteiger partial charge in [0, 0.05) is 30.7 Å². The molecule has 3 heterocycles. The second-order valence-electron chi connectivity index (χ2n) is 5.99. The molecule has 0 radical (unpaired) electrons. The highest BCUT2D eigenvalue weighted by atomic mass is 32.1. The van der Waals surface area contributed by atoms with Gasteiger partial charge >= 0.3 is 0 Å². The highest BCUT2D eigenvalue weighted by Crippen LogP contribution is 2.43. The van der Waals surface area contributed by atoms with Crippen LogP contribution >= 0.6 is 11.3 Å². The number of hydrogen-bond donors (Lipinski definition) is 1. The van der Waals surface area contributed by atoms with Crippen LogP contribution in [0.3, 0.4) is 0 Å². The Hall–Kier alpha value is -2.47. The van der Waals surface area contributed by atoms with Crippen LogP contribution in [0.4, 0.5) is 0 Å². The predicted molar refractivity (Wildman–Crippen MR) is 93.6 cm³/mol. The molecule has 1 N–H and O–H groups in total. The molecular weight excluding hydrogens is 320 g/mol. The lowest BCUT2D eigenvalue weighted by Gasteiger charge is -2.11. The topological polar surface area (TPSA) is 59.8 Å². The number of carbonyl (C=O) groups excluding carboxylic acids is 1. The number of nitrogens with one attached hydrogen (secondary N) is 1. The van der Waals surface area contributed by atoms with E-state index >= 15 is 0 Å². The molecule has 0 aliphatic heterocycles. The standard InChI is InChI=1S/C18H18N4OS/c1-12-19-8-9-22(12)17-14(3-2-7-20-17)11-21-18(23)16-15(6-10-24-16)13-4-5-13/h2-3,6-10,13H,4-5,11H2,1H3,(H,21,23). The summed E-state index contributed by atoms with van der Waals surface area (Å²) >= 11 is 1.52. The highest BCUT2D eigenvalue weighted by Gasteiger charge is 2.28. The van der Waals surface area contributed by atoms with Crippen molar-refractivity contribution in [3.63, 3.8) is 0 Å². The van der Waals surface area contributed by atoms with E-state index in [0.29, 0.717) is 12.5 Å². The third-order valence-electron chi connectivity index (χ3n) is 4.28. The summed E-state index contributed by atoms with van der Waals surface area (Å²) in [6.45, 7) is 2.38. The van der Waals surface area contributed by atoms with Crippen LogP contribution in [0.1, 0.15) is 45.4 Å². The van der Waals surface area contributed by atoms with Gasteiger partial charge < -0.3 is 5.32 Å². The van der Waals surface area contributed by atoms with Gasteiger partial charge in [-0.1, -0.05) is 6.07 Å². The predicted octanol–water partition coefficient (Wildman–Crippen LogP) is 3.44. The Morgan fingerprint density at radius 3 is 2.96 bits per heavy atom. The summed E-state index contributed by atoms with van der Waals surface area (Å²) in [6.07, 6.45) is 7.78. The number of thiophene rings is 1. The molecule has 0 aromatic carbocycles. The van der Waals surface area contributed by atoms with Crippen molar-refractivity contribution in [3.8, 4) is 5.82 Å². The van der Waals surface area contributed by atoms with Gasteiger partial charge in [-0.2, -0.15) is 0 Å². The van der Waals surface area contributed by atoms with Gasteiger partial charge in [-0.3, -0.25) is 9.36 Å². The minimum Gasteiger partial charge on any atom is -0.347 e. The molecule has 3 aromatic heterocycles. The molecule has 122 valence electrons. The molecule has 3 aromatic rings. The molecule has 0 unspecified atom stereocenters. The number of aromatic nitrogens is 3. The normalized spacial score (nSPS) is 13.9. The molecule has 1 fully saturated rings. The highest BCUT2D eigenvalue weighted by molar-refractivity contribution is 7.12. The zero-order valence-electron chi connectivity index (χ0n) is 13.4. The van der Waals surface area contributed by atoms with E-state index in [1.54, 1.807) is 12.4 Å². The monoisotopic (exact) mass is 338 g/mol. The summed E-state index contributed by atoms with van der Waals surface area (Å²) in [5, 5.41) is 5.05. The van der Waals surface area contributed by atoms with Gasteiger partial charge in [-0.05, 0) is 48.8 Å². The van der Waals surface area contributed by atoms with Crippen LogP contribution in [0, 0.1) is 6.92 Å². The molecule has 1 aliphatic carbocycles. The van der Waals surface area contributed by atoms with E-state index in [0.717, 1.165) is 22.1 Å². The van der Waals surface area contributed by atoms with Crippen molar-refractivity contribution in [2.75, 3.05) is 0 Å². The van der Waals surface area contributed by atoms with Gasteiger partial charge in [0.2, 0.25) is 0 Å². The summed E-state index contributed by atoms with van der Waals surface area (Å²) in [7, 11) is 0. The molecule has 0 saturated heterocycles. The van der Waals surface area contributed by atoms with E-state index in [2.05, 4.69) is 21.4 Å².